The zero-order chi connectivity index (χ0) is 52.9. The van der Waals surface area contributed by atoms with Gasteiger partial charge in [0.25, 0.3) is 0 Å². The highest BCUT2D eigenvalue weighted by atomic mass is 19.4. The maximum atomic E-state index is 17.4. The van der Waals surface area contributed by atoms with Gasteiger partial charge in [-0.15, -0.1) is 0 Å². The summed E-state index contributed by atoms with van der Waals surface area (Å²) in [6.45, 7) is 16.6. The fourth-order valence-corrected chi connectivity index (χ4v) is 12.0. The molecule has 76 heavy (non-hydrogen) atoms. The van der Waals surface area contributed by atoms with Crippen molar-refractivity contribution in [1.29, 1.82) is 5.26 Å². The van der Waals surface area contributed by atoms with E-state index in [0.29, 0.717) is 38.8 Å². The van der Waals surface area contributed by atoms with Gasteiger partial charge in [-0.2, -0.15) is 18.4 Å². The second-order valence-electron chi connectivity index (χ2n) is 21.0. The Hall–Kier alpha value is -8.92. The number of fused-ring (bicyclic) bond motifs is 6. The molecule has 0 saturated heterocycles. The minimum absolute atomic E-state index is 0.0241. The lowest BCUT2D eigenvalue weighted by molar-refractivity contribution is -0.137. The van der Waals surface area contributed by atoms with Crippen molar-refractivity contribution in [2.75, 3.05) is 0 Å². The van der Waals surface area contributed by atoms with E-state index in [1.807, 2.05) is 15.2 Å². The lowest BCUT2D eigenvalue weighted by Crippen LogP contribution is -2.16. The molecule has 0 aliphatic carbocycles. The van der Waals surface area contributed by atoms with E-state index in [9.17, 15) is 5.26 Å². The van der Waals surface area contributed by atoms with Gasteiger partial charge in [0.15, 0.2) is 0 Å². The third kappa shape index (κ3) is 8.15. The number of hydrogen-bond donors (Lipinski definition) is 0. The SMILES string of the molecule is Cc1ccc(-c2ccc3c4ccc(-c5ccc(C)cc5C)cc4n(-c4cc(-c5cccc(C#N)c5)cc(-n5c6cc(-c7ccc(C)cc7C)ccc6c6ccc(-c7ccc(C)cc7C)cc65)c4C(F)(F)F)c3c2)c(C)c1. The normalized spacial score (nSPS) is 11.9. The smallest absolute Gasteiger partial charge is 0.308 e. The maximum Gasteiger partial charge on any atom is 0.420 e. The van der Waals surface area contributed by atoms with E-state index in [1.165, 1.54) is 0 Å². The summed E-state index contributed by atoms with van der Waals surface area (Å²) in [4.78, 5) is 0. The number of rotatable bonds is 7. The molecular weight excluding hydrogens is 940 g/mol. The van der Waals surface area contributed by atoms with Crippen molar-refractivity contribution in [2.45, 2.75) is 61.6 Å². The zero-order valence-corrected chi connectivity index (χ0v) is 43.8. The number of aryl methyl sites for hydroxylation is 8. The quantitative estimate of drug-likeness (QED) is 0.157. The molecule has 0 amide bonds. The summed E-state index contributed by atoms with van der Waals surface area (Å²) in [5.41, 5.74) is 19.7. The van der Waals surface area contributed by atoms with Crippen LogP contribution in [0.1, 0.15) is 55.6 Å². The summed E-state index contributed by atoms with van der Waals surface area (Å²) in [7, 11) is 0. The molecule has 0 N–H and O–H groups in total. The van der Waals surface area contributed by atoms with Crippen molar-refractivity contribution in [2.24, 2.45) is 0 Å². The molecule has 0 fully saturated rings. The van der Waals surface area contributed by atoms with Crippen LogP contribution in [0.2, 0.25) is 0 Å². The average molecular weight is 994 g/mol. The van der Waals surface area contributed by atoms with Gasteiger partial charge in [-0.25, -0.2) is 0 Å². The van der Waals surface area contributed by atoms with Crippen LogP contribution in [0.5, 0.6) is 0 Å². The average Bonchev–Trinajstić information content (AvgIpc) is 3.99. The Kier molecular flexibility index (Phi) is 11.5. The standard InChI is InChI=1S/C70H54F3N3/c1-40-12-20-55(44(5)28-40)50-16-24-59-60-25-17-51(56-21-13-41(2)29-45(56)6)34-64(60)75(63(59)33-50)67-37-54(49-11-9-10-48(32-49)39-74)38-68(69(67)70(71,72)73)76-65-35-52(57-22-14-42(3)30-46(57)7)18-26-61(65)62-27-19-53(36-66(62)76)58-23-15-43(4)31-47(58)8/h9-38H,1-8H3. The Bertz CT molecular complexity index is 3980. The van der Waals surface area contributed by atoms with Crippen molar-refractivity contribution >= 4 is 43.6 Å². The van der Waals surface area contributed by atoms with E-state index >= 15 is 13.2 Å². The van der Waals surface area contributed by atoms with Gasteiger partial charge in [-0.3, -0.25) is 0 Å². The second kappa shape index (κ2) is 18.2. The summed E-state index contributed by atoms with van der Waals surface area (Å²) >= 11 is 0. The minimum atomic E-state index is -4.89. The molecule has 0 radical (unpaired) electrons. The van der Waals surface area contributed by atoms with Crippen LogP contribution in [0.4, 0.5) is 13.2 Å². The van der Waals surface area contributed by atoms with Crippen LogP contribution in [0, 0.1) is 66.7 Å². The van der Waals surface area contributed by atoms with Crippen molar-refractivity contribution in [3.05, 3.63) is 238 Å². The molecule has 0 saturated carbocycles. The van der Waals surface area contributed by atoms with Gasteiger partial charge in [0, 0.05) is 21.5 Å². The predicted octanol–water partition coefficient (Wildman–Crippen LogP) is 19.6. The molecule has 0 bridgehead atoms. The minimum Gasteiger partial charge on any atom is -0.308 e. The van der Waals surface area contributed by atoms with E-state index in [-0.39, 0.29) is 11.4 Å². The van der Waals surface area contributed by atoms with Gasteiger partial charge in [-0.05, 0) is 182 Å². The van der Waals surface area contributed by atoms with Gasteiger partial charge in [0.05, 0.1) is 45.1 Å². The number of nitrogens with zero attached hydrogens (tertiary/aromatic N) is 3. The van der Waals surface area contributed by atoms with E-state index in [4.69, 9.17) is 0 Å². The highest BCUT2D eigenvalue weighted by Gasteiger charge is 2.40. The van der Waals surface area contributed by atoms with E-state index in [2.05, 4.69) is 207 Å². The summed E-state index contributed by atoms with van der Waals surface area (Å²) < 4.78 is 56.0. The van der Waals surface area contributed by atoms with Crippen LogP contribution in [0.3, 0.4) is 0 Å². The first-order valence-corrected chi connectivity index (χ1v) is 25.8. The summed E-state index contributed by atoms with van der Waals surface area (Å²) in [5.74, 6) is 0. The molecule has 2 aromatic heterocycles. The number of nitriles is 1. The first kappa shape index (κ1) is 48.0. The summed E-state index contributed by atoms with van der Waals surface area (Å²) in [6.07, 6.45) is -4.89. The summed E-state index contributed by atoms with van der Waals surface area (Å²) in [5, 5.41) is 13.6. The molecule has 0 unspecified atom stereocenters. The topological polar surface area (TPSA) is 33.6 Å². The second-order valence-corrected chi connectivity index (χ2v) is 21.0. The van der Waals surface area contributed by atoms with Crippen molar-refractivity contribution in [1.82, 2.24) is 9.13 Å². The molecule has 10 aromatic carbocycles. The van der Waals surface area contributed by atoms with E-state index in [0.717, 1.165) is 111 Å². The Morgan fingerprint density at radius 3 is 0.961 bits per heavy atom. The third-order valence-electron chi connectivity index (χ3n) is 15.5. The predicted molar refractivity (Wildman–Crippen MR) is 310 cm³/mol. The maximum absolute atomic E-state index is 17.4. The highest BCUT2D eigenvalue weighted by molar-refractivity contribution is 6.13. The van der Waals surface area contributed by atoms with Crippen LogP contribution in [-0.4, -0.2) is 9.13 Å². The molecule has 0 spiro atoms. The molecular formula is C70H54F3N3. The first-order valence-electron chi connectivity index (χ1n) is 25.8. The zero-order valence-electron chi connectivity index (χ0n) is 43.8. The Morgan fingerprint density at radius 1 is 0.342 bits per heavy atom. The molecule has 3 nitrogen and oxygen atoms in total. The molecule has 12 rings (SSSR count). The van der Waals surface area contributed by atoms with Gasteiger partial charge in [0.2, 0.25) is 0 Å². The molecule has 6 heteroatoms. The molecule has 0 aliphatic heterocycles. The van der Waals surface area contributed by atoms with Crippen LogP contribution in [-0.2, 0) is 6.18 Å². The lowest BCUT2D eigenvalue weighted by Gasteiger charge is -2.23. The Morgan fingerprint density at radius 2 is 0.671 bits per heavy atom. The number of halogens is 3. The third-order valence-corrected chi connectivity index (χ3v) is 15.5. The first-order chi connectivity index (χ1) is 36.5. The number of benzene rings is 10. The number of alkyl halides is 3. The van der Waals surface area contributed by atoms with Gasteiger partial charge in [0.1, 0.15) is 5.56 Å². The van der Waals surface area contributed by atoms with Crippen LogP contribution >= 0.6 is 0 Å². The Balaban J connectivity index is 1.27. The fraction of sp³-hybridized carbons (Fsp3) is 0.129. The van der Waals surface area contributed by atoms with Crippen LogP contribution < -0.4 is 0 Å². The Labute approximate surface area is 441 Å². The largest absolute Gasteiger partial charge is 0.420 e. The van der Waals surface area contributed by atoms with Crippen LogP contribution in [0.25, 0.3) is 111 Å². The van der Waals surface area contributed by atoms with E-state index < -0.39 is 11.7 Å². The molecule has 0 aliphatic rings. The molecule has 12 aromatic rings. The monoisotopic (exact) mass is 993 g/mol. The number of hydrogen-bond acceptors (Lipinski definition) is 1. The number of aromatic nitrogens is 2. The molecule has 0 atom stereocenters. The summed E-state index contributed by atoms with van der Waals surface area (Å²) in [6, 6.07) is 62.9. The van der Waals surface area contributed by atoms with Crippen molar-refractivity contribution in [3.8, 4) is 73.1 Å². The van der Waals surface area contributed by atoms with Crippen molar-refractivity contribution < 1.29 is 13.2 Å². The van der Waals surface area contributed by atoms with E-state index in [1.54, 1.807) is 30.3 Å². The lowest BCUT2D eigenvalue weighted by atomic mass is 9.96. The van der Waals surface area contributed by atoms with Crippen molar-refractivity contribution in [3.63, 3.8) is 0 Å². The molecule has 2 heterocycles. The fourth-order valence-electron chi connectivity index (χ4n) is 12.0. The highest BCUT2D eigenvalue weighted by Crippen LogP contribution is 2.48. The van der Waals surface area contributed by atoms with Gasteiger partial charge < -0.3 is 9.13 Å². The molecule has 370 valence electrons. The van der Waals surface area contributed by atoms with Crippen LogP contribution in [0.15, 0.2) is 182 Å². The van der Waals surface area contributed by atoms with Gasteiger partial charge in [-0.1, -0.05) is 156 Å². The van der Waals surface area contributed by atoms with Gasteiger partial charge >= 0.3 is 6.18 Å².